The number of allylic oxidation sites excluding steroid dienone is 1. The lowest BCUT2D eigenvalue weighted by Gasteiger charge is -2.56. The molecule has 1 fully saturated rings. The minimum Gasteiger partial charge on any atom is -0.481 e. The molecule has 0 unspecified atom stereocenters. The van der Waals surface area contributed by atoms with E-state index in [1.807, 2.05) is 13.8 Å². The van der Waals surface area contributed by atoms with Crippen molar-refractivity contribution in [3.63, 3.8) is 0 Å². The summed E-state index contributed by atoms with van der Waals surface area (Å²) in [7, 11) is 0. The molecule has 1 N–H and O–H groups in total. The SMILES string of the molecule is CC(=O)O[C@@H]1C(=O)C(C)=C(CC[C@H](C)CC(=O)O)[C@@]2(C)CCCC(C)(C)[C@@H]12. The van der Waals surface area contributed by atoms with Crippen LogP contribution in [-0.2, 0) is 19.1 Å². The van der Waals surface area contributed by atoms with Crippen LogP contribution in [0, 0.1) is 22.7 Å². The monoisotopic (exact) mass is 378 g/mol. The summed E-state index contributed by atoms with van der Waals surface area (Å²) < 4.78 is 5.57. The molecule has 0 saturated heterocycles. The Bertz CT molecular complexity index is 660. The molecular formula is C22H34O5. The second kappa shape index (κ2) is 7.76. The molecule has 2 aliphatic carbocycles. The van der Waals surface area contributed by atoms with Crippen LogP contribution in [0.25, 0.3) is 0 Å². The molecule has 0 aromatic heterocycles. The van der Waals surface area contributed by atoms with Crippen molar-refractivity contribution in [2.24, 2.45) is 22.7 Å². The van der Waals surface area contributed by atoms with Crippen molar-refractivity contribution in [3.05, 3.63) is 11.1 Å². The third-order valence-corrected chi connectivity index (χ3v) is 6.82. The first-order valence-corrected chi connectivity index (χ1v) is 10.0. The van der Waals surface area contributed by atoms with Gasteiger partial charge in [0, 0.05) is 19.3 Å². The van der Waals surface area contributed by atoms with Crippen molar-refractivity contribution in [2.45, 2.75) is 86.2 Å². The molecule has 4 atom stereocenters. The molecule has 0 radical (unpaired) electrons. The van der Waals surface area contributed by atoms with E-state index in [1.54, 1.807) is 0 Å². The molecule has 0 bridgehead atoms. The third-order valence-electron chi connectivity index (χ3n) is 6.82. The molecule has 0 heterocycles. The number of hydrogen-bond acceptors (Lipinski definition) is 4. The molecule has 2 aliphatic rings. The maximum absolute atomic E-state index is 13.1. The van der Waals surface area contributed by atoms with Crippen LogP contribution in [0.2, 0.25) is 0 Å². The number of ether oxygens (including phenoxy) is 1. The Morgan fingerprint density at radius 1 is 1.26 bits per heavy atom. The first kappa shape index (κ1) is 21.6. The Morgan fingerprint density at radius 2 is 1.89 bits per heavy atom. The number of carboxylic acids is 1. The van der Waals surface area contributed by atoms with Crippen LogP contribution in [0.15, 0.2) is 11.1 Å². The van der Waals surface area contributed by atoms with Gasteiger partial charge in [-0.25, -0.2) is 0 Å². The average Bonchev–Trinajstić information content (AvgIpc) is 2.49. The van der Waals surface area contributed by atoms with Gasteiger partial charge in [0.15, 0.2) is 11.9 Å². The van der Waals surface area contributed by atoms with Gasteiger partial charge in [0.05, 0.1) is 0 Å². The number of esters is 1. The van der Waals surface area contributed by atoms with E-state index in [0.717, 1.165) is 37.7 Å². The van der Waals surface area contributed by atoms with Gasteiger partial charge >= 0.3 is 11.9 Å². The molecule has 0 aromatic rings. The van der Waals surface area contributed by atoms with Crippen LogP contribution in [0.1, 0.15) is 80.1 Å². The molecular weight excluding hydrogens is 344 g/mol. The standard InChI is InChI=1S/C22H34O5/c1-13(12-17(24)25)8-9-16-14(2)18(26)19(27-15(3)23)20-21(4,5)10-7-11-22(16,20)6/h13,19-20H,7-12H2,1-6H3,(H,24,25)/t13-,19+,20+,22+/m0/s1. The summed E-state index contributed by atoms with van der Waals surface area (Å²) in [6.45, 7) is 11.7. The highest BCUT2D eigenvalue weighted by atomic mass is 16.5. The summed E-state index contributed by atoms with van der Waals surface area (Å²) in [5.74, 6) is -1.27. The van der Waals surface area contributed by atoms with Gasteiger partial charge in [-0.15, -0.1) is 0 Å². The van der Waals surface area contributed by atoms with Gasteiger partial charge in [-0.3, -0.25) is 14.4 Å². The fourth-order valence-corrected chi connectivity index (χ4v) is 5.67. The van der Waals surface area contributed by atoms with Gasteiger partial charge in [0.25, 0.3) is 0 Å². The predicted octanol–water partition coefficient (Wildman–Crippen LogP) is 4.54. The highest BCUT2D eigenvalue weighted by molar-refractivity contribution is 6.01. The molecule has 5 nitrogen and oxygen atoms in total. The van der Waals surface area contributed by atoms with E-state index in [4.69, 9.17) is 9.84 Å². The molecule has 2 rings (SSSR count). The molecule has 0 aromatic carbocycles. The van der Waals surface area contributed by atoms with Gasteiger partial charge in [-0.1, -0.05) is 39.7 Å². The second-order valence-corrected chi connectivity index (χ2v) is 9.48. The van der Waals surface area contributed by atoms with Gasteiger partial charge < -0.3 is 9.84 Å². The van der Waals surface area contributed by atoms with E-state index in [1.165, 1.54) is 6.92 Å². The van der Waals surface area contributed by atoms with Crippen molar-refractivity contribution in [1.29, 1.82) is 0 Å². The lowest BCUT2D eigenvalue weighted by molar-refractivity contribution is -0.167. The molecule has 0 amide bonds. The normalized spacial score (nSPS) is 31.3. The van der Waals surface area contributed by atoms with Crippen molar-refractivity contribution in [3.8, 4) is 0 Å². The van der Waals surface area contributed by atoms with Gasteiger partial charge in [0.2, 0.25) is 0 Å². The van der Waals surface area contributed by atoms with Crippen LogP contribution >= 0.6 is 0 Å². The van der Waals surface area contributed by atoms with Crippen LogP contribution in [-0.4, -0.2) is 28.9 Å². The summed E-state index contributed by atoms with van der Waals surface area (Å²) in [5, 5.41) is 9.03. The molecule has 0 spiro atoms. The zero-order chi connectivity index (χ0) is 20.6. The van der Waals surface area contributed by atoms with Crippen molar-refractivity contribution in [1.82, 2.24) is 0 Å². The van der Waals surface area contributed by atoms with E-state index in [0.29, 0.717) is 5.57 Å². The van der Waals surface area contributed by atoms with Crippen LogP contribution < -0.4 is 0 Å². The van der Waals surface area contributed by atoms with Crippen LogP contribution in [0.4, 0.5) is 0 Å². The van der Waals surface area contributed by atoms with E-state index in [2.05, 4.69) is 20.8 Å². The van der Waals surface area contributed by atoms with Gasteiger partial charge in [0.1, 0.15) is 0 Å². The van der Waals surface area contributed by atoms with Crippen LogP contribution in [0.3, 0.4) is 0 Å². The number of fused-ring (bicyclic) bond motifs is 1. The summed E-state index contributed by atoms with van der Waals surface area (Å²) in [6, 6.07) is 0. The van der Waals surface area contributed by atoms with Crippen LogP contribution in [0.5, 0.6) is 0 Å². The molecule has 0 aliphatic heterocycles. The fourth-order valence-electron chi connectivity index (χ4n) is 5.67. The predicted molar refractivity (Wildman–Crippen MR) is 103 cm³/mol. The van der Waals surface area contributed by atoms with E-state index in [-0.39, 0.29) is 34.9 Å². The maximum Gasteiger partial charge on any atom is 0.303 e. The van der Waals surface area contributed by atoms with Gasteiger partial charge in [-0.2, -0.15) is 0 Å². The highest BCUT2D eigenvalue weighted by Gasteiger charge is 2.58. The number of Topliss-reactive ketones (excluding diaryl/α,β-unsaturated/α-hetero) is 1. The number of aliphatic carboxylic acids is 1. The van der Waals surface area contributed by atoms with Crippen molar-refractivity contribution in [2.75, 3.05) is 0 Å². The van der Waals surface area contributed by atoms with Gasteiger partial charge in [-0.05, 0) is 54.9 Å². The summed E-state index contributed by atoms with van der Waals surface area (Å²) in [6.07, 6.45) is 3.93. The summed E-state index contributed by atoms with van der Waals surface area (Å²) >= 11 is 0. The zero-order valence-electron chi connectivity index (χ0n) is 17.6. The Balaban J connectivity index is 2.42. The lowest BCUT2D eigenvalue weighted by Crippen LogP contribution is -2.56. The number of rotatable bonds is 6. The maximum atomic E-state index is 13.1. The first-order chi connectivity index (χ1) is 12.4. The smallest absolute Gasteiger partial charge is 0.303 e. The topological polar surface area (TPSA) is 80.7 Å². The van der Waals surface area contributed by atoms with E-state index >= 15 is 0 Å². The largest absolute Gasteiger partial charge is 0.481 e. The van der Waals surface area contributed by atoms with Crippen molar-refractivity contribution < 1.29 is 24.2 Å². The Hall–Kier alpha value is -1.65. The lowest BCUT2D eigenvalue weighted by atomic mass is 9.48. The molecule has 152 valence electrons. The Morgan fingerprint density at radius 3 is 2.44 bits per heavy atom. The first-order valence-electron chi connectivity index (χ1n) is 10.0. The fraction of sp³-hybridized carbons (Fsp3) is 0.773. The number of carbonyl (C=O) groups excluding carboxylic acids is 2. The van der Waals surface area contributed by atoms with Crippen molar-refractivity contribution >= 4 is 17.7 Å². The second-order valence-electron chi connectivity index (χ2n) is 9.48. The Labute approximate surface area is 162 Å². The summed E-state index contributed by atoms with van der Waals surface area (Å²) in [5.41, 5.74) is 1.54. The molecule has 1 saturated carbocycles. The number of carboxylic acid groups (broad SMARTS) is 1. The molecule has 5 heteroatoms. The van der Waals surface area contributed by atoms with E-state index < -0.39 is 18.0 Å². The van der Waals surface area contributed by atoms with E-state index in [9.17, 15) is 14.4 Å². The zero-order valence-corrected chi connectivity index (χ0v) is 17.6. The number of ketones is 1. The molecule has 27 heavy (non-hydrogen) atoms. The number of carbonyl (C=O) groups is 3. The minimum atomic E-state index is -0.786. The average molecular weight is 379 g/mol. The third kappa shape index (κ3) is 4.27. The Kier molecular flexibility index (Phi) is 6.23. The quantitative estimate of drug-likeness (QED) is 0.686. The minimum absolute atomic E-state index is 0.0522. The number of hydrogen-bond donors (Lipinski definition) is 1. The summed E-state index contributed by atoms with van der Waals surface area (Å²) in [4.78, 5) is 35.8. The highest BCUT2D eigenvalue weighted by Crippen LogP contribution is 2.60.